The van der Waals surface area contributed by atoms with Gasteiger partial charge in [0.05, 0.1) is 10.7 Å². The van der Waals surface area contributed by atoms with Crippen LogP contribution in [0.15, 0.2) is 41.3 Å². The Kier molecular flexibility index (Phi) is 3.96. The number of anilines is 1. The highest BCUT2D eigenvalue weighted by Gasteiger charge is 2.21. The van der Waals surface area contributed by atoms with Gasteiger partial charge in [-0.05, 0) is 36.8 Å². The predicted molar refractivity (Wildman–Crippen MR) is 73.4 cm³/mol. The average molecular weight is 318 g/mol. The van der Waals surface area contributed by atoms with Crippen LogP contribution in [0.25, 0.3) is 0 Å². The summed E-state index contributed by atoms with van der Waals surface area (Å²) in [5, 5.41) is -0.226. The van der Waals surface area contributed by atoms with Crippen LogP contribution in [0.1, 0.15) is 5.56 Å². The highest BCUT2D eigenvalue weighted by molar-refractivity contribution is 7.92. The fourth-order valence-corrected chi connectivity index (χ4v) is 3.26. The Morgan fingerprint density at radius 3 is 2.40 bits per heavy atom. The number of rotatable bonds is 3. The van der Waals surface area contributed by atoms with E-state index >= 15 is 0 Å². The molecular weight excluding hydrogens is 308 g/mol. The van der Waals surface area contributed by atoms with Gasteiger partial charge in [-0.1, -0.05) is 23.7 Å². The van der Waals surface area contributed by atoms with Crippen molar-refractivity contribution >= 4 is 27.3 Å². The van der Waals surface area contributed by atoms with Crippen LogP contribution in [0.2, 0.25) is 5.02 Å². The number of halogens is 3. The summed E-state index contributed by atoms with van der Waals surface area (Å²) in [5.41, 5.74) is 0.324. The van der Waals surface area contributed by atoms with Gasteiger partial charge in [0.25, 0.3) is 10.0 Å². The lowest BCUT2D eigenvalue weighted by atomic mass is 10.2. The molecule has 0 saturated carbocycles. The molecule has 20 heavy (non-hydrogen) atoms. The molecule has 2 aromatic rings. The van der Waals surface area contributed by atoms with Gasteiger partial charge in [0.15, 0.2) is 0 Å². The van der Waals surface area contributed by atoms with E-state index in [-0.39, 0.29) is 16.3 Å². The Bertz CT molecular complexity index is 743. The first kappa shape index (κ1) is 14.7. The van der Waals surface area contributed by atoms with Gasteiger partial charge in [-0.3, -0.25) is 4.72 Å². The third kappa shape index (κ3) is 2.91. The van der Waals surface area contributed by atoms with Gasteiger partial charge in [0, 0.05) is 0 Å². The Labute approximate surface area is 120 Å². The summed E-state index contributed by atoms with van der Waals surface area (Å²) >= 11 is 5.57. The minimum atomic E-state index is -4.11. The van der Waals surface area contributed by atoms with Crippen LogP contribution in [-0.2, 0) is 10.0 Å². The minimum absolute atomic E-state index is 0.0547. The molecule has 0 amide bonds. The van der Waals surface area contributed by atoms with Crippen LogP contribution in [0.3, 0.4) is 0 Å². The molecule has 0 aromatic heterocycles. The Morgan fingerprint density at radius 1 is 1.10 bits per heavy atom. The number of nitrogens with one attached hydrogen (secondary N) is 1. The maximum Gasteiger partial charge on any atom is 0.265 e. The Hall–Kier alpha value is -1.66. The molecular formula is C13H10ClF2NO2S. The first-order valence-electron chi connectivity index (χ1n) is 5.54. The highest BCUT2D eigenvalue weighted by Crippen LogP contribution is 2.24. The van der Waals surface area contributed by atoms with Crippen molar-refractivity contribution < 1.29 is 17.2 Å². The summed E-state index contributed by atoms with van der Waals surface area (Å²) in [7, 11) is -4.11. The summed E-state index contributed by atoms with van der Waals surface area (Å²) in [5.74, 6) is -1.53. The van der Waals surface area contributed by atoms with Gasteiger partial charge < -0.3 is 0 Å². The molecule has 3 nitrogen and oxygen atoms in total. The van der Waals surface area contributed by atoms with Crippen molar-refractivity contribution in [1.29, 1.82) is 0 Å². The smallest absolute Gasteiger partial charge is 0.265 e. The molecule has 0 fully saturated rings. The van der Waals surface area contributed by atoms with E-state index in [9.17, 15) is 17.2 Å². The SMILES string of the molecule is Cc1cccc(F)c1S(=O)(=O)Nc1ccc(F)c(Cl)c1. The van der Waals surface area contributed by atoms with E-state index in [0.717, 1.165) is 18.2 Å². The van der Waals surface area contributed by atoms with E-state index in [1.807, 2.05) is 0 Å². The van der Waals surface area contributed by atoms with Crippen LogP contribution in [0, 0.1) is 18.6 Å². The fraction of sp³-hybridized carbons (Fsp3) is 0.0769. The highest BCUT2D eigenvalue weighted by atomic mass is 35.5. The molecule has 2 aromatic carbocycles. The standard InChI is InChI=1S/C13H10ClF2NO2S/c1-8-3-2-4-12(16)13(8)20(18,19)17-9-5-6-11(15)10(14)7-9/h2-7,17H,1H3. The van der Waals surface area contributed by atoms with Crippen LogP contribution in [-0.4, -0.2) is 8.42 Å². The minimum Gasteiger partial charge on any atom is -0.279 e. The molecule has 0 aliphatic heterocycles. The second-order valence-corrected chi connectivity index (χ2v) is 6.15. The van der Waals surface area contributed by atoms with E-state index in [1.165, 1.54) is 25.1 Å². The van der Waals surface area contributed by atoms with Gasteiger partial charge in [-0.15, -0.1) is 0 Å². The predicted octanol–water partition coefficient (Wildman–Crippen LogP) is 3.73. The van der Waals surface area contributed by atoms with E-state index in [4.69, 9.17) is 11.6 Å². The molecule has 0 unspecified atom stereocenters. The fourth-order valence-electron chi connectivity index (χ4n) is 1.72. The maximum absolute atomic E-state index is 13.7. The number of aryl methyl sites for hydroxylation is 1. The number of hydrogen-bond donors (Lipinski definition) is 1. The van der Waals surface area contributed by atoms with Crippen LogP contribution in [0.4, 0.5) is 14.5 Å². The van der Waals surface area contributed by atoms with Gasteiger partial charge in [-0.25, -0.2) is 17.2 Å². The molecule has 7 heteroatoms. The third-order valence-electron chi connectivity index (χ3n) is 2.60. The molecule has 0 aliphatic rings. The molecule has 0 saturated heterocycles. The molecule has 106 valence electrons. The second-order valence-electron chi connectivity index (χ2n) is 4.12. The van der Waals surface area contributed by atoms with Gasteiger partial charge >= 0.3 is 0 Å². The molecule has 0 atom stereocenters. The number of benzene rings is 2. The van der Waals surface area contributed by atoms with Crippen molar-refractivity contribution in [3.63, 3.8) is 0 Å². The third-order valence-corrected chi connectivity index (χ3v) is 4.45. The second kappa shape index (κ2) is 5.38. The summed E-state index contributed by atoms with van der Waals surface area (Å²) < 4.78 is 53.2. The van der Waals surface area contributed by atoms with Crippen LogP contribution in [0.5, 0.6) is 0 Å². The molecule has 0 spiro atoms. The molecule has 0 aliphatic carbocycles. The van der Waals surface area contributed by atoms with Gasteiger partial charge in [0.1, 0.15) is 16.5 Å². The number of hydrogen-bond acceptors (Lipinski definition) is 2. The van der Waals surface area contributed by atoms with Crippen LogP contribution >= 0.6 is 11.6 Å². The Balaban J connectivity index is 2.43. The molecule has 0 radical (unpaired) electrons. The van der Waals surface area contributed by atoms with Crippen LogP contribution < -0.4 is 4.72 Å². The van der Waals surface area contributed by atoms with E-state index in [0.29, 0.717) is 0 Å². The summed E-state index contributed by atoms with van der Waals surface area (Å²) in [6.07, 6.45) is 0. The average Bonchev–Trinajstić information content (AvgIpc) is 2.33. The molecule has 1 N–H and O–H groups in total. The zero-order valence-corrected chi connectivity index (χ0v) is 11.9. The summed E-state index contributed by atoms with van der Waals surface area (Å²) in [6, 6.07) is 7.29. The lowest BCUT2D eigenvalue weighted by molar-refractivity contribution is 0.568. The number of sulfonamides is 1. The zero-order chi connectivity index (χ0) is 14.9. The van der Waals surface area contributed by atoms with E-state index in [1.54, 1.807) is 0 Å². The maximum atomic E-state index is 13.7. The topological polar surface area (TPSA) is 46.2 Å². The first-order valence-corrected chi connectivity index (χ1v) is 7.40. The Morgan fingerprint density at radius 2 is 1.80 bits per heavy atom. The summed E-state index contributed by atoms with van der Waals surface area (Å²) in [4.78, 5) is -0.444. The molecule has 0 bridgehead atoms. The van der Waals surface area contributed by atoms with Crippen molar-refractivity contribution in [1.82, 2.24) is 0 Å². The van der Waals surface area contributed by atoms with E-state index < -0.39 is 26.6 Å². The quantitative estimate of drug-likeness (QED) is 0.937. The molecule has 2 rings (SSSR count). The first-order chi connectivity index (χ1) is 9.31. The molecule has 0 heterocycles. The van der Waals surface area contributed by atoms with Crippen molar-refractivity contribution in [2.24, 2.45) is 0 Å². The van der Waals surface area contributed by atoms with Crippen molar-refractivity contribution in [2.45, 2.75) is 11.8 Å². The van der Waals surface area contributed by atoms with Gasteiger partial charge in [-0.2, -0.15) is 0 Å². The monoisotopic (exact) mass is 317 g/mol. The van der Waals surface area contributed by atoms with Crippen molar-refractivity contribution in [3.8, 4) is 0 Å². The largest absolute Gasteiger partial charge is 0.279 e. The zero-order valence-electron chi connectivity index (χ0n) is 10.3. The van der Waals surface area contributed by atoms with Crippen molar-refractivity contribution in [2.75, 3.05) is 4.72 Å². The lowest BCUT2D eigenvalue weighted by Gasteiger charge is -2.11. The normalized spacial score (nSPS) is 11.4. The van der Waals surface area contributed by atoms with Crippen molar-refractivity contribution in [3.05, 3.63) is 58.6 Å². The summed E-state index contributed by atoms with van der Waals surface area (Å²) in [6.45, 7) is 1.48. The van der Waals surface area contributed by atoms with Gasteiger partial charge in [0.2, 0.25) is 0 Å². The van der Waals surface area contributed by atoms with E-state index in [2.05, 4.69) is 4.72 Å². The lowest BCUT2D eigenvalue weighted by Crippen LogP contribution is -2.16.